The molecule has 0 N–H and O–H groups in total. The van der Waals surface area contributed by atoms with E-state index in [1.165, 1.54) is 0 Å². The predicted molar refractivity (Wildman–Crippen MR) is 124 cm³/mol. The lowest BCUT2D eigenvalue weighted by Crippen LogP contribution is -1.96. The highest BCUT2D eigenvalue weighted by molar-refractivity contribution is 8.00. The zero-order valence-corrected chi connectivity index (χ0v) is 20.0. The van der Waals surface area contributed by atoms with E-state index >= 15 is 0 Å². The molecule has 0 atom stereocenters. The van der Waals surface area contributed by atoms with Crippen LogP contribution >= 0.6 is 35.3 Å². The molecule has 160 valence electrons. The van der Waals surface area contributed by atoms with Crippen LogP contribution in [0.4, 0.5) is 0 Å². The molecule has 7 heteroatoms. The SMILES string of the molecule is CCOCSc1ccc(Sc2ccc(SCOCC)cc2OCC)c(OCC)c1. The lowest BCUT2D eigenvalue weighted by molar-refractivity contribution is 0.199. The molecule has 29 heavy (non-hydrogen) atoms. The summed E-state index contributed by atoms with van der Waals surface area (Å²) >= 11 is 5.01. The van der Waals surface area contributed by atoms with E-state index < -0.39 is 0 Å². The Kier molecular flexibility index (Phi) is 11.8. The highest BCUT2D eigenvalue weighted by Gasteiger charge is 2.12. The van der Waals surface area contributed by atoms with Gasteiger partial charge in [0.05, 0.1) is 34.9 Å². The Morgan fingerprint density at radius 3 is 1.45 bits per heavy atom. The minimum atomic E-state index is 0.623. The zero-order valence-electron chi connectivity index (χ0n) is 17.6. The molecular weight excluding hydrogens is 424 g/mol. The van der Waals surface area contributed by atoms with E-state index in [0.717, 1.165) is 44.3 Å². The molecule has 0 unspecified atom stereocenters. The molecule has 2 rings (SSSR count). The number of rotatable bonds is 14. The normalized spacial score (nSPS) is 10.9. The molecule has 0 spiro atoms. The lowest BCUT2D eigenvalue weighted by atomic mass is 10.3. The molecule has 0 radical (unpaired) electrons. The molecular formula is C22H30O4S3. The molecule has 0 saturated carbocycles. The van der Waals surface area contributed by atoms with Crippen LogP contribution in [0.2, 0.25) is 0 Å². The number of thioether (sulfide) groups is 2. The molecule has 0 heterocycles. The van der Waals surface area contributed by atoms with Crippen LogP contribution in [-0.2, 0) is 9.47 Å². The monoisotopic (exact) mass is 454 g/mol. The molecule has 2 aromatic rings. The third-order valence-corrected chi connectivity index (χ3v) is 6.53. The van der Waals surface area contributed by atoms with Crippen LogP contribution in [0.5, 0.6) is 11.5 Å². The standard InChI is InChI=1S/C22H30O4S3/c1-5-23-15-27-17-9-11-21(19(13-17)25-7-3)29-22-12-10-18(28-16-24-6-2)14-20(22)26-8-4/h9-14H,5-8,15-16H2,1-4H3. The van der Waals surface area contributed by atoms with Crippen molar-refractivity contribution in [1.82, 2.24) is 0 Å². The van der Waals surface area contributed by atoms with Gasteiger partial charge in [0.2, 0.25) is 0 Å². The lowest BCUT2D eigenvalue weighted by Gasteiger charge is -2.15. The van der Waals surface area contributed by atoms with Crippen molar-refractivity contribution in [3.8, 4) is 11.5 Å². The Morgan fingerprint density at radius 2 is 1.07 bits per heavy atom. The summed E-state index contributed by atoms with van der Waals surface area (Å²) in [5, 5.41) is 0. The smallest absolute Gasteiger partial charge is 0.134 e. The first-order valence-corrected chi connectivity index (χ1v) is 12.6. The van der Waals surface area contributed by atoms with Crippen LogP contribution in [0.1, 0.15) is 27.7 Å². The highest BCUT2D eigenvalue weighted by Crippen LogP contribution is 2.42. The van der Waals surface area contributed by atoms with Gasteiger partial charge >= 0.3 is 0 Å². The van der Waals surface area contributed by atoms with Crippen LogP contribution in [-0.4, -0.2) is 38.3 Å². The Balaban J connectivity index is 2.19. The van der Waals surface area contributed by atoms with E-state index in [0.29, 0.717) is 25.1 Å². The van der Waals surface area contributed by atoms with Gasteiger partial charge in [-0.25, -0.2) is 0 Å². The van der Waals surface area contributed by atoms with E-state index in [4.69, 9.17) is 18.9 Å². The fourth-order valence-electron chi connectivity index (χ4n) is 2.37. The van der Waals surface area contributed by atoms with E-state index in [1.54, 1.807) is 35.3 Å². The summed E-state index contributed by atoms with van der Waals surface area (Å²) in [5.41, 5.74) is 0. The van der Waals surface area contributed by atoms with E-state index in [2.05, 4.69) is 36.4 Å². The zero-order chi connectivity index (χ0) is 20.9. The van der Waals surface area contributed by atoms with Gasteiger partial charge in [-0.3, -0.25) is 0 Å². The van der Waals surface area contributed by atoms with Crippen LogP contribution in [0, 0.1) is 0 Å². The van der Waals surface area contributed by atoms with Crippen LogP contribution in [0.3, 0.4) is 0 Å². The van der Waals surface area contributed by atoms with Crippen molar-refractivity contribution < 1.29 is 18.9 Å². The van der Waals surface area contributed by atoms with Crippen molar-refractivity contribution in [3.05, 3.63) is 36.4 Å². The van der Waals surface area contributed by atoms with Crippen molar-refractivity contribution in [1.29, 1.82) is 0 Å². The van der Waals surface area contributed by atoms with Crippen molar-refractivity contribution in [3.63, 3.8) is 0 Å². The average Bonchev–Trinajstić information content (AvgIpc) is 2.72. The third kappa shape index (κ3) is 8.34. The van der Waals surface area contributed by atoms with Crippen LogP contribution < -0.4 is 9.47 Å². The summed E-state index contributed by atoms with van der Waals surface area (Å²) in [7, 11) is 0. The molecule has 0 aromatic heterocycles. The maximum absolute atomic E-state index is 5.91. The third-order valence-electron chi connectivity index (χ3n) is 3.68. The summed E-state index contributed by atoms with van der Waals surface area (Å²) in [6.07, 6.45) is 0. The average molecular weight is 455 g/mol. The van der Waals surface area contributed by atoms with Crippen LogP contribution in [0.15, 0.2) is 56.0 Å². The van der Waals surface area contributed by atoms with Gasteiger partial charge in [-0.15, -0.1) is 0 Å². The van der Waals surface area contributed by atoms with Gasteiger partial charge < -0.3 is 18.9 Å². The number of hydrogen-bond acceptors (Lipinski definition) is 7. The fourth-order valence-corrected chi connectivity index (χ4v) is 4.79. The second-order valence-corrected chi connectivity index (χ2v) is 8.77. The maximum Gasteiger partial charge on any atom is 0.134 e. The van der Waals surface area contributed by atoms with Crippen molar-refractivity contribution in [2.75, 3.05) is 38.3 Å². The summed E-state index contributed by atoms with van der Waals surface area (Å²) in [6.45, 7) is 10.7. The molecule has 0 aliphatic rings. The van der Waals surface area contributed by atoms with Gasteiger partial charge in [0.1, 0.15) is 11.5 Å². The van der Waals surface area contributed by atoms with Crippen molar-refractivity contribution >= 4 is 35.3 Å². The molecule has 4 nitrogen and oxygen atoms in total. The number of ether oxygens (including phenoxy) is 4. The molecule has 0 aliphatic carbocycles. The minimum Gasteiger partial charge on any atom is -0.493 e. The maximum atomic E-state index is 5.91. The van der Waals surface area contributed by atoms with Crippen molar-refractivity contribution in [2.45, 2.75) is 47.3 Å². The topological polar surface area (TPSA) is 36.9 Å². The van der Waals surface area contributed by atoms with Crippen LogP contribution in [0.25, 0.3) is 0 Å². The second kappa shape index (κ2) is 14.1. The quantitative estimate of drug-likeness (QED) is 0.176. The van der Waals surface area contributed by atoms with Gasteiger partial charge in [-0.1, -0.05) is 35.3 Å². The van der Waals surface area contributed by atoms with E-state index in [1.807, 2.05) is 27.7 Å². The highest BCUT2D eigenvalue weighted by atomic mass is 32.2. The first-order chi connectivity index (χ1) is 14.2. The summed E-state index contributed by atoms with van der Waals surface area (Å²) < 4.78 is 22.7. The fraction of sp³-hybridized carbons (Fsp3) is 0.455. The Bertz CT molecular complexity index is 678. The van der Waals surface area contributed by atoms with Gasteiger partial charge in [-0.2, -0.15) is 0 Å². The van der Waals surface area contributed by atoms with Gasteiger partial charge in [-0.05, 0) is 64.1 Å². The van der Waals surface area contributed by atoms with Gasteiger partial charge in [0, 0.05) is 23.0 Å². The molecule has 0 bridgehead atoms. The predicted octanol–water partition coefficient (Wildman–Crippen LogP) is 6.81. The summed E-state index contributed by atoms with van der Waals surface area (Å²) in [4.78, 5) is 4.42. The summed E-state index contributed by atoms with van der Waals surface area (Å²) in [6, 6.07) is 12.6. The molecule has 0 fully saturated rings. The van der Waals surface area contributed by atoms with Crippen molar-refractivity contribution in [2.24, 2.45) is 0 Å². The first-order valence-electron chi connectivity index (χ1n) is 9.84. The second-order valence-electron chi connectivity index (χ2n) is 5.70. The van der Waals surface area contributed by atoms with Gasteiger partial charge in [0.15, 0.2) is 0 Å². The Labute approximate surface area is 187 Å². The number of hydrogen-bond donors (Lipinski definition) is 0. The molecule has 0 aliphatic heterocycles. The number of benzene rings is 2. The first kappa shape index (κ1) is 24.3. The largest absolute Gasteiger partial charge is 0.493 e. The van der Waals surface area contributed by atoms with E-state index in [-0.39, 0.29) is 0 Å². The molecule has 0 saturated heterocycles. The Hall–Kier alpha value is -0.990. The molecule has 2 aromatic carbocycles. The Morgan fingerprint density at radius 1 is 0.621 bits per heavy atom. The summed E-state index contributed by atoms with van der Waals surface area (Å²) in [5.74, 6) is 3.06. The van der Waals surface area contributed by atoms with E-state index in [9.17, 15) is 0 Å². The minimum absolute atomic E-state index is 0.623. The van der Waals surface area contributed by atoms with Gasteiger partial charge in [0.25, 0.3) is 0 Å². The molecule has 0 amide bonds.